The van der Waals surface area contributed by atoms with Crippen molar-refractivity contribution in [3.8, 4) is 17.9 Å². The Labute approximate surface area is 179 Å². The maximum atomic E-state index is 12.2. The minimum Gasteiger partial charge on any atom is -0.426 e. The summed E-state index contributed by atoms with van der Waals surface area (Å²) in [7, 11) is 3.55. The van der Waals surface area contributed by atoms with Crippen LogP contribution >= 0.6 is 23.8 Å². The van der Waals surface area contributed by atoms with E-state index in [2.05, 4.69) is 17.1 Å². The maximum absolute atomic E-state index is 12.2. The van der Waals surface area contributed by atoms with E-state index in [0.29, 0.717) is 45.3 Å². The van der Waals surface area contributed by atoms with Crippen molar-refractivity contribution in [3.63, 3.8) is 0 Å². The van der Waals surface area contributed by atoms with E-state index in [0.717, 1.165) is 11.8 Å². The fraction of sp³-hybridized carbons (Fsp3) is 0.300. The standard InChI is InChI=1S/C20H21N5O2S2/c1-5-14-15(10-21)19(25(2)3)24-20(16(14)11-22)29-17(18(23)26)12-6-8-13(9-7-12)27-28-4/h6-9,17H,5H2,1-4H3,(H2,23,26). The summed E-state index contributed by atoms with van der Waals surface area (Å²) in [4.78, 5) is 18.4. The van der Waals surface area contributed by atoms with Crippen molar-refractivity contribution in [1.29, 1.82) is 10.5 Å². The number of nitrogens with zero attached hydrogens (tertiary/aromatic N) is 4. The molecule has 0 radical (unpaired) electrons. The van der Waals surface area contributed by atoms with Crippen LogP contribution in [-0.4, -0.2) is 31.2 Å². The van der Waals surface area contributed by atoms with Gasteiger partial charge in [-0.1, -0.05) is 30.8 Å². The van der Waals surface area contributed by atoms with Gasteiger partial charge in [0.15, 0.2) is 0 Å². The fourth-order valence-electron chi connectivity index (χ4n) is 2.79. The Hall–Kier alpha value is -2.88. The molecule has 9 heteroatoms. The van der Waals surface area contributed by atoms with Gasteiger partial charge in [0.25, 0.3) is 0 Å². The first-order valence-corrected chi connectivity index (χ1v) is 10.7. The van der Waals surface area contributed by atoms with E-state index in [9.17, 15) is 15.3 Å². The lowest BCUT2D eigenvalue weighted by atomic mass is 10.0. The van der Waals surface area contributed by atoms with Crippen LogP contribution in [0.5, 0.6) is 5.75 Å². The van der Waals surface area contributed by atoms with Gasteiger partial charge in [-0.05, 0) is 29.7 Å². The van der Waals surface area contributed by atoms with E-state index < -0.39 is 11.2 Å². The largest absolute Gasteiger partial charge is 0.426 e. The topological polar surface area (TPSA) is 116 Å². The van der Waals surface area contributed by atoms with Crippen molar-refractivity contribution in [3.05, 3.63) is 46.5 Å². The lowest BCUT2D eigenvalue weighted by Gasteiger charge is -2.20. The van der Waals surface area contributed by atoms with Gasteiger partial charge in [0.2, 0.25) is 5.91 Å². The van der Waals surface area contributed by atoms with Gasteiger partial charge in [-0.15, -0.1) is 0 Å². The van der Waals surface area contributed by atoms with Crippen molar-refractivity contribution < 1.29 is 8.98 Å². The van der Waals surface area contributed by atoms with E-state index in [-0.39, 0.29) is 0 Å². The van der Waals surface area contributed by atoms with E-state index in [1.165, 1.54) is 12.0 Å². The van der Waals surface area contributed by atoms with Crippen LogP contribution < -0.4 is 14.8 Å². The van der Waals surface area contributed by atoms with Crippen LogP contribution in [0.15, 0.2) is 29.3 Å². The third-order valence-corrected chi connectivity index (χ3v) is 5.72. The summed E-state index contributed by atoms with van der Waals surface area (Å²) < 4.78 is 5.36. The molecule has 0 aliphatic carbocycles. The second-order valence-electron chi connectivity index (χ2n) is 6.16. The average Bonchev–Trinajstić information content (AvgIpc) is 2.71. The zero-order valence-electron chi connectivity index (χ0n) is 16.6. The van der Waals surface area contributed by atoms with E-state index >= 15 is 0 Å². The monoisotopic (exact) mass is 427 g/mol. The van der Waals surface area contributed by atoms with Gasteiger partial charge in [0.05, 0.1) is 23.2 Å². The molecule has 29 heavy (non-hydrogen) atoms. The van der Waals surface area contributed by atoms with Crippen LogP contribution in [0.4, 0.5) is 5.82 Å². The van der Waals surface area contributed by atoms with E-state index in [4.69, 9.17) is 9.92 Å². The molecule has 2 aromatic rings. The predicted octanol–water partition coefficient (Wildman–Crippen LogP) is 3.43. The van der Waals surface area contributed by atoms with Gasteiger partial charge in [0.1, 0.15) is 34.0 Å². The molecule has 0 aliphatic heterocycles. The molecule has 2 rings (SSSR count). The molecule has 1 amide bonds. The lowest BCUT2D eigenvalue weighted by Crippen LogP contribution is -2.20. The Kier molecular flexibility index (Phi) is 7.77. The number of rotatable bonds is 8. The van der Waals surface area contributed by atoms with E-state index in [1.54, 1.807) is 43.3 Å². The number of amides is 1. The number of carbonyl (C=O) groups is 1. The minimum atomic E-state index is -0.745. The third-order valence-electron chi connectivity index (χ3n) is 4.10. The quantitative estimate of drug-likeness (QED) is 0.503. The first kappa shape index (κ1) is 22.4. The normalized spacial score (nSPS) is 11.2. The highest BCUT2D eigenvalue weighted by Crippen LogP contribution is 2.39. The van der Waals surface area contributed by atoms with Gasteiger partial charge in [0, 0.05) is 20.4 Å². The van der Waals surface area contributed by atoms with Crippen LogP contribution in [0.25, 0.3) is 0 Å². The highest BCUT2D eigenvalue weighted by atomic mass is 32.2. The van der Waals surface area contributed by atoms with Crippen molar-refractivity contribution in [2.45, 2.75) is 23.6 Å². The average molecular weight is 428 g/mol. The summed E-state index contributed by atoms with van der Waals surface area (Å²) >= 11 is 2.33. The summed E-state index contributed by atoms with van der Waals surface area (Å²) in [5.41, 5.74) is 7.62. The summed E-state index contributed by atoms with van der Waals surface area (Å²) in [5, 5.41) is 19.0. The Morgan fingerprint density at radius 3 is 2.31 bits per heavy atom. The number of anilines is 1. The molecule has 0 spiro atoms. The molecule has 0 bridgehead atoms. The Morgan fingerprint density at radius 1 is 1.24 bits per heavy atom. The van der Waals surface area contributed by atoms with Crippen LogP contribution in [0, 0.1) is 22.7 Å². The number of thioether (sulfide) groups is 1. The van der Waals surface area contributed by atoms with Crippen molar-refractivity contribution in [2.24, 2.45) is 5.73 Å². The zero-order valence-corrected chi connectivity index (χ0v) is 18.2. The molecule has 2 N–H and O–H groups in total. The number of nitriles is 2. The van der Waals surface area contributed by atoms with Crippen LogP contribution in [-0.2, 0) is 11.2 Å². The van der Waals surface area contributed by atoms with Gasteiger partial charge >= 0.3 is 0 Å². The second kappa shape index (κ2) is 10.1. The molecule has 1 aromatic carbocycles. The van der Waals surface area contributed by atoms with Crippen molar-refractivity contribution >= 4 is 35.5 Å². The zero-order chi connectivity index (χ0) is 21.6. The van der Waals surface area contributed by atoms with Gasteiger partial charge in [-0.3, -0.25) is 4.79 Å². The van der Waals surface area contributed by atoms with Crippen LogP contribution in [0.2, 0.25) is 0 Å². The number of carbonyl (C=O) groups excluding carboxylic acids is 1. The molecule has 0 saturated carbocycles. The second-order valence-corrected chi connectivity index (χ2v) is 7.75. The van der Waals surface area contributed by atoms with Gasteiger partial charge in [-0.2, -0.15) is 10.5 Å². The SMILES string of the molecule is CCc1c(C#N)c(SC(C(N)=O)c2ccc(OSC)cc2)nc(N(C)C)c1C#N. The molecule has 0 aliphatic rings. The maximum Gasteiger partial charge on any atom is 0.235 e. The number of pyridine rings is 1. The minimum absolute atomic E-state index is 0.299. The van der Waals surface area contributed by atoms with Gasteiger partial charge in [-0.25, -0.2) is 4.98 Å². The van der Waals surface area contributed by atoms with E-state index in [1.807, 2.05) is 13.2 Å². The number of aromatic nitrogens is 1. The first-order valence-electron chi connectivity index (χ1n) is 8.68. The summed E-state index contributed by atoms with van der Waals surface area (Å²) in [6.45, 7) is 1.88. The molecule has 7 nitrogen and oxygen atoms in total. The summed E-state index contributed by atoms with van der Waals surface area (Å²) in [5.74, 6) is 0.567. The Bertz CT molecular complexity index is 978. The Balaban J connectivity index is 2.57. The number of benzene rings is 1. The molecular weight excluding hydrogens is 406 g/mol. The molecule has 1 unspecified atom stereocenters. The molecule has 1 aromatic heterocycles. The summed E-state index contributed by atoms with van der Waals surface area (Å²) in [6.07, 6.45) is 2.30. The number of nitrogens with two attached hydrogens (primary N) is 1. The molecule has 0 saturated heterocycles. The summed E-state index contributed by atoms with van der Waals surface area (Å²) in [6, 6.07) is 11.3. The van der Waals surface area contributed by atoms with Crippen LogP contribution in [0.1, 0.15) is 34.4 Å². The highest BCUT2D eigenvalue weighted by Gasteiger charge is 2.26. The predicted molar refractivity (Wildman–Crippen MR) is 116 cm³/mol. The highest BCUT2D eigenvalue weighted by molar-refractivity contribution is 8.00. The number of primary amides is 1. The lowest BCUT2D eigenvalue weighted by molar-refractivity contribution is -0.117. The molecule has 150 valence electrons. The Morgan fingerprint density at radius 2 is 1.86 bits per heavy atom. The molecule has 0 fully saturated rings. The van der Waals surface area contributed by atoms with Crippen molar-refractivity contribution in [1.82, 2.24) is 4.98 Å². The third kappa shape index (κ3) is 4.94. The fourth-order valence-corrected chi connectivity index (χ4v) is 4.15. The number of hydrogen-bond donors (Lipinski definition) is 1. The number of hydrogen-bond acceptors (Lipinski definition) is 8. The molecular formula is C20H21N5O2S2. The van der Waals surface area contributed by atoms with Gasteiger partial charge < -0.3 is 14.8 Å². The van der Waals surface area contributed by atoms with Crippen LogP contribution in [0.3, 0.4) is 0 Å². The smallest absolute Gasteiger partial charge is 0.235 e. The molecule has 1 atom stereocenters. The van der Waals surface area contributed by atoms with Crippen molar-refractivity contribution in [2.75, 3.05) is 25.3 Å². The first-order chi connectivity index (χ1) is 13.9. The molecule has 1 heterocycles.